The van der Waals surface area contributed by atoms with Gasteiger partial charge in [0.15, 0.2) is 0 Å². The Labute approximate surface area is 168 Å². The number of rotatable bonds is 6. The summed E-state index contributed by atoms with van der Waals surface area (Å²) >= 11 is 3.31. The molecule has 0 saturated carbocycles. The van der Waals surface area contributed by atoms with Gasteiger partial charge in [0, 0.05) is 16.6 Å². The Morgan fingerprint density at radius 3 is 2.54 bits per heavy atom. The Morgan fingerprint density at radius 1 is 1.14 bits per heavy atom. The SMILES string of the molecule is O=C(N/N=C\c1ccc(Oc2ccc([N+](=O)[O-])cn2)cc1)c1ccccc1Br. The zero-order valence-electron chi connectivity index (χ0n) is 14.3. The van der Waals surface area contributed by atoms with Crippen LogP contribution in [0.5, 0.6) is 11.6 Å². The number of hydrogen-bond donors (Lipinski definition) is 1. The minimum atomic E-state index is -0.528. The fraction of sp³-hybridized carbons (Fsp3) is 0. The summed E-state index contributed by atoms with van der Waals surface area (Å²) in [6.07, 6.45) is 2.63. The van der Waals surface area contributed by atoms with Gasteiger partial charge in [-0.15, -0.1) is 0 Å². The van der Waals surface area contributed by atoms with Gasteiger partial charge in [-0.1, -0.05) is 12.1 Å². The monoisotopic (exact) mass is 440 g/mol. The summed E-state index contributed by atoms with van der Waals surface area (Å²) < 4.78 is 6.21. The van der Waals surface area contributed by atoms with E-state index < -0.39 is 4.92 Å². The number of ether oxygens (including phenoxy) is 1. The van der Waals surface area contributed by atoms with Gasteiger partial charge in [-0.3, -0.25) is 14.9 Å². The topological polar surface area (TPSA) is 107 Å². The predicted molar refractivity (Wildman–Crippen MR) is 107 cm³/mol. The van der Waals surface area contributed by atoms with Gasteiger partial charge in [0.25, 0.3) is 11.6 Å². The van der Waals surface area contributed by atoms with Crippen molar-refractivity contribution in [1.82, 2.24) is 10.4 Å². The number of amides is 1. The minimum Gasteiger partial charge on any atom is -0.439 e. The minimum absolute atomic E-state index is 0.108. The zero-order valence-corrected chi connectivity index (χ0v) is 15.9. The number of hydrazone groups is 1. The van der Waals surface area contributed by atoms with Crippen molar-refractivity contribution in [1.29, 1.82) is 0 Å². The Kier molecular flexibility index (Phi) is 6.07. The number of pyridine rings is 1. The highest BCUT2D eigenvalue weighted by atomic mass is 79.9. The van der Waals surface area contributed by atoms with Crippen LogP contribution in [0.3, 0.4) is 0 Å². The number of nitrogens with one attached hydrogen (secondary N) is 1. The van der Waals surface area contributed by atoms with Gasteiger partial charge < -0.3 is 4.74 Å². The predicted octanol–water partition coefficient (Wildman–Crippen LogP) is 4.31. The van der Waals surface area contributed by atoms with Crippen LogP contribution in [0.15, 0.2) is 76.4 Å². The summed E-state index contributed by atoms with van der Waals surface area (Å²) in [6.45, 7) is 0. The molecule has 3 aromatic rings. The van der Waals surface area contributed by atoms with Crippen molar-refractivity contribution in [3.8, 4) is 11.6 Å². The molecule has 0 spiro atoms. The fourth-order valence-electron chi connectivity index (χ4n) is 2.15. The smallest absolute Gasteiger partial charge is 0.287 e. The van der Waals surface area contributed by atoms with E-state index in [0.717, 1.165) is 11.8 Å². The highest BCUT2D eigenvalue weighted by Gasteiger charge is 2.08. The molecule has 0 radical (unpaired) electrons. The maximum absolute atomic E-state index is 12.1. The van der Waals surface area contributed by atoms with Gasteiger partial charge in [0.1, 0.15) is 11.9 Å². The molecule has 0 aliphatic rings. The molecule has 0 bridgehead atoms. The molecule has 1 N–H and O–H groups in total. The Morgan fingerprint density at radius 2 is 1.89 bits per heavy atom. The number of aromatic nitrogens is 1. The molecule has 1 amide bonds. The largest absolute Gasteiger partial charge is 0.439 e. The van der Waals surface area contributed by atoms with Crippen molar-refractivity contribution < 1.29 is 14.5 Å². The van der Waals surface area contributed by atoms with E-state index >= 15 is 0 Å². The van der Waals surface area contributed by atoms with Gasteiger partial charge in [-0.25, -0.2) is 10.4 Å². The van der Waals surface area contributed by atoms with E-state index in [9.17, 15) is 14.9 Å². The maximum atomic E-state index is 12.1. The summed E-state index contributed by atoms with van der Waals surface area (Å²) in [6, 6.07) is 16.7. The number of halogens is 1. The van der Waals surface area contributed by atoms with Gasteiger partial charge in [0.2, 0.25) is 5.88 Å². The van der Waals surface area contributed by atoms with Crippen molar-refractivity contribution >= 4 is 33.7 Å². The molecule has 1 heterocycles. The molecule has 28 heavy (non-hydrogen) atoms. The van der Waals surface area contributed by atoms with Crippen LogP contribution < -0.4 is 10.2 Å². The quantitative estimate of drug-likeness (QED) is 0.349. The molecule has 0 aliphatic carbocycles. The number of carbonyl (C=O) groups is 1. The number of nitro groups is 1. The summed E-state index contributed by atoms with van der Waals surface area (Å²) in [5.74, 6) is 0.427. The highest BCUT2D eigenvalue weighted by molar-refractivity contribution is 9.10. The van der Waals surface area contributed by atoms with Gasteiger partial charge in [-0.2, -0.15) is 5.10 Å². The van der Waals surface area contributed by atoms with Gasteiger partial charge in [-0.05, 0) is 57.9 Å². The third kappa shape index (κ3) is 4.98. The molecular weight excluding hydrogens is 428 g/mol. The first-order valence-corrected chi connectivity index (χ1v) is 8.78. The average Bonchev–Trinajstić information content (AvgIpc) is 2.70. The molecule has 1 aromatic heterocycles. The summed E-state index contributed by atoms with van der Waals surface area (Å²) in [7, 11) is 0. The van der Waals surface area contributed by atoms with Crippen LogP contribution >= 0.6 is 15.9 Å². The fourth-order valence-corrected chi connectivity index (χ4v) is 2.62. The zero-order chi connectivity index (χ0) is 19.9. The third-order valence-corrected chi connectivity index (χ3v) is 4.22. The van der Waals surface area contributed by atoms with Crippen LogP contribution in [0, 0.1) is 10.1 Å². The molecule has 0 aliphatic heterocycles. The van der Waals surface area contributed by atoms with Crippen LogP contribution in [0.25, 0.3) is 0 Å². The summed E-state index contributed by atoms with van der Waals surface area (Å²) in [5.41, 5.74) is 3.59. The van der Waals surface area contributed by atoms with Crippen molar-refractivity contribution in [3.63, 3.8) is 0 Å². The van der Waals surface area contributed by atoms with Crippen molar-refractivity contribution in [2.75, 3.05) is 0 Å². The lowest BCUT2D eigenvalue weighted by atomic mass is 10.2. The second kappa shape index (κ2) is 8.87. The van der Waals surface area contributed by atoms with Crippen LogP contribution in [-0.4, -0.2) is 22.0 Å². The molecule has 3 rings (SSSR count). The molecule has 2 aromatic carbocycles. The van der Waals surface area contributed by atoms with E-state index in [-0.39, 0.29) is 17.5 Å². The Bertz CT molecular complexity index is 1020. The third-order valence-electron chi connectivity index (χ3n) is 3.53. The Hall–Kier alpha value is -3.59. The molecule has 0 saturated heterocycles. The van der Waals surface area contributed by atoms with E-state index in [1.807, 2.05) is 6.07 Å². The van der Waals surface area contributed by atoms with Crippen LogP contribution in [-0.2, 0) is 0 Å². The van der Waals surface area contributed by atoms with E-state index in [4.69, 9.17) is 4.74 Å². The van der Waals surface area contributed by atoms with Crippen molar-refractivity contribution in [2.45, 2.75) is 0 Å². The molecule has 0 unspecified atom stereocenters. The average molecular weight is 441 g/mol. The Balaban J connectivity index is 1.58. The first kappa shape index (κ1) is 19.2. The molecule has 8 nitrogen and oxygen atoms in total. The molecule has 0 atom stereocenters. The lowest BCUT2D eigenvalue weighted by Crippen LogP contribution is -2.18. The normalized spacial score (nSPS) is 10.6. The number of benzene rings is 2. The molecule has 140 valence electrons. The molecule has 9 heteroatoms. The van der Waals surface area contributed by atoms with Crippen LogP contribution in [0.2, 0.25) is 0 Å². The number of carbonyl (C=O) groups excluding carboxylic acids is 1. The van der Waals surface area contributed by atoms with Crippen LogP contribution in [0.4, 0.5) is 5.69 Å². The first-order chi connectivity index (χ1) is 13.5. The van der Waals surface area contributed by atoms with E-state index in [1.165, 1.54) is 18.3 Å². The van der Waals surface area contributed by atoms with Gasteiger partial charge >= 0.3 is 0 Å². The van der Waals surface area contributed by atoms with Gasteiger partial charge in [0.05, 0.1) is 16.7 Å². The molecule has 0 fully saturated rings. The summed E-state index contributed by atoms with van der Waals surface area (Å²) in [5, 5.41) is 14.6. The first-order valence-electron chi connectivity index (χ1n) is 7.99. The maximum Gasteiger partial charge on any atom is 0.287 e. The lowest BCUT2D eigenvalue weighted by Gasteiger charge is -2.04. The number of hydrogen-bond acceptors (Lipinski definition) is 6. The summed E-state index contributed by atoms with van der Waals surface area (Å²) in [4.78, 5) is 26.0. The van der Waals surface area contributed by atoms with E-state index in [1.54, 1.807) is 42.5 Å². The lowest BCUT2D eigenvalue weighted by molar-refractivity contribution is -0.385. The van der Waals surface area contributed by atoms with Crippen molar-refractivity contribution in [3.05, 3.63) is 92.6 Å². The second-order valence-corrected chi connectivity index (χ2v) is 6.32. The molecular formula is C19H13BrN4O4. The highest BCUT2D eigenvalue weighted by Crippen LogP contribution is 2.21. The van der Waals surface area contributed by atoms with Crippen molar-refractivity contribution in [2.24, 2.45) is 5.10 Å². The number of nitrogens with zero attached hydrogens (tertiary/aromatic N) is 3. The van der Waals surface area contributed by atoms with Crippen LogP contribution in [0.1, 0.15) is 15.9 Å². The van der Waals surface area contributed by atoms with E-state index in [0.29, 0.717) is 15.8 Å². The second-order valence-electron chi connectivity index (χ2n) is 5.46. The van der Waals surface area contributed by atoms with E-state index in [2.05, 4.69) is 31.4 Å². The standard InChI is InChI=1S/C19H13BrN4O4/c20-17-4-2-1-3-16(17)19(25)23-22-11-13-5-8-15(9-6-13)28-18-10-7-14(12-21-18)24(26)27/h1-12H,(H,23,25)/b22-11-.